The number of fused-ring (bicyclic) bond motifs is 2. The van der Waals surface area contributed by atoms with Crippen molar-refractivity contribution in [1.29, 1.82) is 0 Å². The zero-order valence-electron chi connectivity index (χ0n) is 24.0. The molecular weight excluding hydrogens is 508 g/mol. The molecule has 0 saturated carbocycles. The lowest BCUT2D eigenvalue weighted by Crippen LogP contribution is -1.92. The van der Waals surface area contributed by atoms with Gasteiger partial charge in [0.2, 0.25) is 0 Å². The number of benzene rings is 8. The molecule has 1 heteroatoms. The van der Waals surface area contributed by atoms with Gasteiger partial charge in [-0.2, -0.15) is 0 Å². The van der Waals surface area contributed by atoms with Crippen LogP contribution in [0.2, 0.25) is 0 Å². The fourth-order valence-electron chi connectivity index (χ4n) is 6.54. The lowest BCUT2D eigenvalue weighted by atomic mass is 9.84. The van der Waals surface area contributed by atoms with E-state index in [2.05, 4.69) is 118 Å². The zero-order valence-corrected chi connectivity index (χ0v) is 24.0. The van der Waals surface area contributed by atoms with Crippen molar-refractivity contribution in [3.05, 3.63) is 144 Å². The summed E-state index contributed by atoms with van der Waals surface area (Å²) in [5.74, 6) is 1.68. The largest absolute Gasteiger partial charge is 0.457 e. The molecule has 8 aromatic carbocycles. The molecular formula is C41H30O. The highest BCUT2D eigenvalue weighted by atomic mass is 16.5. The van der Waals surface area contributed by atoms with E-state index in [9.17, 15) is 0 Å². The second-order valence-corrected chi connectivity index (χ2v) is 11.6. The Balaban J connectivity index is 1.40. The van der Waals surface area contributed by atoms with Gasteiger partial charge in [-0.3, -0.25) is 0 Å². The molecule has 0 spiro atoms. The molecule has 0 atom stereocenters. The van der Waals surface area contributed by atoms with Gasteiger partial charge in [0.05, 0.1) is 0 Å². The summed E-state index contributed by atoms with van der Waals surface area (Å²) in [5, 5.41) is 10.6. The summed E-state index contributed by atoms with van der Waals surface area (Å²) in [5.41, 5.74) is 8.78. The van der Waals surface area contributed by atoms with Crippen LogP contribution in [-0.4, -0.2) is 0 Å². The Morgan fingerprint density at radius 3 is 1.33 bits per heavy atom. The first-order valence-corrected chi connectivity index (χ1v) is 14.6. The summed E-state index contributed by atoms with van der Waals surface area (Å²) < 4.78 is 6.08. The molecule has 8 aromatic rings. The van der Waals surface area contributed by atoms with Crippen LogP contribution in [0.25, 0.3) is 65.3 Å². The second-order valence-electron chi connectivity index (χ2n) is 11.6. The van der Waals surface area contributed by atoms with Crippen LogP contribution in [0.3, 0.4) is 0 Å². The monoisotopic (exact) mass is 538 g/mol. The second kappa shape index (κ2) is 9.46. The van der Waals surface area contributed by atoms with Crippen LogP contribution in [0.4, 0.5) is 0 Å². The molecule has 0 amide bonds. The molecule has 0 fully saturated rings. The molecule has 0 heterocycles. The Morgan fingerprint density at radius 1 is 0.357 bits per heavy atom. The third-order valence-corrected chi connectivity index (χ3v) is 8.80. The smallest absolute Gasteiger partial charge is 0.127 e. The Bertz CT molecular complexity index is 2260. The van der Waals surface area contributed by atoms with E-state index in [0.717, 1.165) is 11.5 Å². The van der Waals surface area contributed by atoms with Crippen molar-refractivity contribution in [3.63, 3.8) is 0 Å². The van der Waals surface area contributed by atoms with E-state index in [0.29, 0.717) is 0 Å². The van der Waals surface area contributed by atoms with Crippen LogP contribution in [0, 0.1) is 20.8 Å². The van der Waals surface area contributed by atoms with Gasteiger partial charge in [0, 0.05) is 0 Å². The first kappa shape index (κ1) is 24.6. The van der Waals surface area contributed by atoms with Crippen molar-refractivity contribution in [2.75, 3.05) is 0 Å². The van der Waals surface area contributed by atoms with Gasteiger partial charge >= 0.3 is 0 Å². The van der Waals surface area contributed by atoms with Crippen LogP contribution >= 0.6 is 0 Å². The molecule has 0 aliphatic carbocycles. The van der Waals surface area contributed by atoms with Gasteiger partial charge in [-0.1, -0.05) is 84.4 Å². The number of para-hydroxylation sites is 1. The van der Waals surface area contributed by atoms with Crippen molar-refractivity contribution in [3.8, 4) is 33.8 Å². The average Bonchev–Trinajstić information content (AvgIpc) is 3.02. The van der Waals surface area contributed by atoms with Crippen molar-refractivity contribution in [2.45, 2.75) is 20.8 Å². The Morgan fingerprint density at radius 2 is 0.810 bits per heavy atom. The molecule has 0 radical (unpaired) electrons. The minimum absolute atomic E-state index is 0.836. The SMILES string of the molecule is Cc1ccc(-c2cc3c(C)ccc4c5ccc(C)c6cc(-c7ccc(Oc8ccccc8)cc7)cc(c(c2)c34)c65)cc1. The summed E-state index contributed by atoms with van der Waals surface area (Å²) in [6, 6.07) is 46.1. The molecule has 8 rings (SSSR count). The predicted octanol–water partition coefficient (Wildman–Crippen LogP) is 11.8. The molecule has 0 N–H and O–H groups in total. The van der Waals surface area contributed by atoms with E-state index in [1.807, 2.05) is 30.3 Å². The van der Waals surface area contributed by atoms with Gasteiger partial charge in [0.1, 0.15) is 11.5 Å². The maximum atomic E-state index is 6.08. The van der Waals surface area contributed by atoms with Crippen LogP contribution < -0.4 is 4.74 Å². The van der Waals surface area contributed by atoms with E-state index in [1.54, 1.807) is 0 Å². The third kappa shape index (κ3) is 3.93. The topological polar surface area (TPSA) is 9.23 Å². The fourth-order valence-corrected chi connectivity index (χ4v) is 6.54. The number of hydrogen-bond donors (Lipinski definition) is 0. The summed E-state index contributed by atoms with van der Waals surface area (Å²) in [4.78, 5) is 0. The number of hydrogen-bond acceptors (Lipinski definition) is 1. The third-order valence-electron chi connectivity index (χ3n) is 8.80. The van der Waals surface area contributed by atoms with Gasteiger partial charge in [0.15, 0.2) is 0 Å². The van der Waals surface area contributed by atoms with Gasteiger partial charge in [-0.25, -0.2) is 0 Å². The maximum absolute atomic E-state index is 6.08. The first-order valence-electron chi connectivity index (χ1n) is 14.6. The molecule has 42 heavy (non-hydrogen) atoms. The predicted molar refractivity (Wildman–Crippen MR) is 179 cm³/mol. The summed E-state index contributed by atoms with van der Waals surface area (Å²) >= 11 is 0. The summed E-state index contributed by atoms with van der Waals surface area (Å²) in [7, 11) is 0. The highest BCUT2D eigenvalue weighted by molar-refractivity contribution is 6.34. The number of rotatable bonds is 4. The molecule has 0 aromatic heterocycles. The molecule has 0 bridgehead atoms. The van der Waals surface area contributed by atoms with E-state index >= 15 is 0 Å². The molecule has 0 aliphatic heterocycles. The molecule has 0 unspecified atom stereocenters. The highest BCUT2D eigenvalue weighted by Crippen LogP contribution is 2.45. The lowest BCUT2D eigenvalue weighted by molar-refractivity contribution is 0.483. The summed E-state index contributed by atoms with van der Waals surface area (Å²) in [6.07, 6.45) is 0. The van der Waals surface area contributed by atoms with Gasteiger partial charge in [-0.15, -0.1) is 0 Å². The van der Waals surface area contributed by atoms with Crippen molar-refractivity contribution in [2.24, 2.45) is 0 Å². The Kier molecular flexibility index (Phi) is 5.55. The first-order chi connectivity index (χ1) is 20.5. The molecule has 0 saturated heterocycles. The normalized spacial score (nSPS) is 11.7. The van der Waals surface area contributed by atoms with Gasteiger partial charge in [0.25, 0.3) is 0 Å². The van der Waals surface area contributed by atoms with Crippen molar-refractivity contribution in [1.82, 2.24) is 0 Å². The van der Waals surface area contributed by atoms with E-state index in [4.69, 9.17) is 4.74 Å². The van der Waals surface area contributed by atoms with Crippen LogP contribution in [0.1, 0.15) is 16.7 Å². The van der Waals surface area contributed by atoms with E-state index in [1.165, 1.54) is 82.0 Å². The number of aryl methyl sites for hydroxylation is 3. The van der Waals surface area contributed by atoms with Gasteiger partial charge in [-0.05, 0) is 146 Å². The minimum atomic E-state index is 0.836. The molecule has 1 nitrogen and oxygen atoms in total. The summed E-state index contributed by atoms with van der Waals surface area (Å²) in [6.45, 7) is 6.61. The van der Waals surface area contributed by atoms with Crippen LogP contribution in [0.15, 0.2) is 127 Å². The van der Waals surface area contributed by atoms with Crippen LogP contribution in [-0.2, 0) is 0 Å². The lowest BCUT2D eigenvalue weighted by Gasteiger charge is -2.19. The fraction of sp³-hybridized carbons (Fsp3) is 0.0732. The maximum Gasteiger partial charge on any atom is 0.127 e. The Hall–Kier alpha value is -5.14. The van der Waals surface area contributed by atoms with Crippen molar-refractivity contribution < 1.29 is 4.74 Å². The zero-order chi connectivity index (χ0) is 28.4. The van der Waals surface area contributed by atoms with Crippen molar-refractivity contribution >= 4 is 43.1 Å². The minimum Gasteiger partial charge on any atom is -0.457 e. The Labute approximate surface area is 246 Å². The van der Waals surface area contributed by atoms with Crippen LogP contribution in [0.5, 0.6) is 11.5 Å². The quantitative estimate of drug-likeness (QED) is 0.160. The molecule has 0 aliphatic rings. The average molecular weight is 539 g/mol. The highest BCUT2D eigenvalue weighted by Gasteiger charge is 2.18. The van der Waals surface area contributed by atoms with E-state index < -0.39 is 0 Å². The standard InChI is InChI=1S/C41H30O/c1-25-9-13-28(14-10-25)30-21-36-26(2)11-19-34-35-20-12-27(3)37-22-31(24-39(41(35)37)38(23-30)40(34)36)29-15-17-33(18-16-29)42-32-7-5-4-6-8-32/h4-24H,1-3H3. The number of ether oxygens (including phenoxy) is 1. The molecule has 200 valence electrons. The van der Waals surface area contributed by atoms with Gasteiger partial charge < -0.3 is 4.74 Å². The van der Waals surface area contributed by atoms with E-state index in [-0.39, 0.29) is 0 Å².